The number of hydrogen-bond donors (Lipinski definition) is 2. The molecule has 0 aliphatic heterocycles. The van der Waals surface area contributed by atoms with E-state index in [0.717, 1.165) is 44.7 Å². The first kappa shape index (κ1) is 20.5. The zero-order chi connectivity index (χ0) is 22.9. The molecule has 33 heavy (non-hydrogen) atoms. The molecule has 0 radical (unpaired) electrons. The molecule has 166 valence electrons. The second-order valence-corrected chi connectivity index (χ2v) is 7.73. The molecule has 4 aromatic heterocycles. The van der Waals surface area contributed by atoms with Gasteiger partial charge < -0.3 is 19.6 Å². The molecule has 4 heterocycles. The maximum atomic E-state index is 12.4. The van der Waals surface area contributed by atoms with E-state index in [9.17, 15) is 4.79 Å². The lowest BCUT2D eigenvalue weighted by atomic mass is 10.1. The minimum Gasteiger partial charge on any atom is -0.444 e. The summed E-state index contributed by atoms with van der Waals surface area (Å²) in [6.07, 6.45) is 4.62. The quantitative estimate of drug-likeness (QED) is 0.421. The van der Waals surface area contributed by atoms with Crippen LogP contribution in [0, 0.1) is 0 Å². The standard InChI is InChI=1S/C24H23N7O2/c1-25-23-20-21(30(2)14-27-20)18-11-19(28-22(18)29-23)16-7-4-6-15(10-16)13-33-24(32)31(3)17-8-5-9-26-12-17/h4-12,14H,13H2,1-3H3,(H2,25,28,29). The third kappa shape index (κ3) is 3.73. The van der Waals surface area contributed by atoms with Crippen molar-refractivity contribution in [3.05, 3.63) is 66.7 Å². The van der Waals surface area contributed by atoms with Gasteiger partial charge >= 0.3 is 6.09 Å². The normalized spacial score (nSPS) is 11.1. The molecule has 0 aliphatic carbocycles. The van der Waals surface area contributed by atoms with Crippen LogP contribution in [0.25, 0.3) is 33.3 Å². The highest BCUT2D eigenvalue weighted by Gasteiger charge is 2.16. The summed E-state index contributed by atoms with van der Waals surface area (Å²) < 4.78 is 7.50. The van der Waals surface area contributed by atoms with E-state index in [2.05, 4.69) is 31.3 Å². The van der Waals surface area contributed by atoms with E-state index in [1.165, 1.54) is 4.90 Å². The van der Waals surface area contributed by atoms with Crippen molar-refractivity contribution in [3.8, 4) is 11.3 Å². The first-order valence-electron chi connectivity index (χ1n) is 10.5. The molecule has 0 saturated heterocycles. The summed E-state index contributed by atoms with van der Waals surface area (Å²) in [6.45, 7) is 0.158. The molecule has 1 amide bonds. The monoisotopic (exact) mass is 441 g/mol. The maximum Gasteiger partial charge on any atom is 0.414 e. The van der Waals surface area contributed by atoms with Crippen molar-refractivity contribution < 1.29 is 9.53 Å². The number of imidazole rings is 1. The lowest BCUT2D eigenvalue weighted by Gasteiger charge is -2.16. The lowest BCUT2D eigenvalue weighted by molar-refractivity contribution is 0.148. The molecule has 5 aromatic rings. The summed E-state index contributed by atoms with van der Waals surface area (Å²) in [5, 5.41) is 4.11. The molecule has 0 saturated carbocycles. The minimum absolute atomic E-state index is 0.158. The summed E-state index contributed by atoms with van der Waals surface area (Å²) in [5.74, 6) is 0.727. The van der Waals surface area contributed by atoms with Gasteiger partial charge in [-0.2, -0.15) is 0 Å². The Morgan fingerprint density at radius 1 is 1.24 bits per heavy atom. The van der Waals surface area contributed by atoms with Crippen molar-refractivity contribution in [3.63, 3.8) is 0 Å². The van der Waals surface area contributed by atoms with E-state index >= 15 is 0 Å². The van der Waals surface area contributed by atoms with Crippen LogP contribution in [0.5, 0.6) is 0 Å². The smallest absolute Gasteiger partial charge is 0.414 e. The number of nitrogens with one attached hydrogen (secondary N) is 2. The number of ether oxygens (including phenoxy) is 1. The molecule has 5 rings (SSSR count). The lowest BCUT2D eigenvalue weighted by Crippen LogP contribution is -2.26. The Hall–Kier alpha value is -4.40. The number of fused-ring (bicyclic) bond motifs is 3. The van der Waals surface area contributed by atoms with E-state index in [-0.39, 0.29) is 6.61 Å². The van der Waals surface area contributed by atoms with Gasteiger partial charge in [0.2, 0.25) is 0 Å². The van der Waals surface area contributed by atoms with Crippen LogP contribution in [0.1, 0.15) is 5.56 Å². The molecular formula is C24H23N7O2. The predicted octanol–water partition coefficient (Wildman–Crippen LogP) is 4.33. The van der Waals surface area contributed by atoms with E-state index in [0.29, 0.717) is 5.69 Å². The number of amides is 1. The second-order valence-electron chi connectivity index (χ2n) is 7.73. The fourth-order valence-corrected chi connectivity index (χ4v) is 3.86. The average molecular weight is 441 g/mol. The third-order valence-corrected chi connectivity index (χ3v) is 5.58. The average Bonchev–Trinajstić information content (AvgIpc) is 3.45. The molecule has 9 nitrogen and oxygen atoms in total. The molecule has 2 N–H and O–H groups in total. The number of aromatic nitrogens is 5. The first-order chi connectivity index (χ1) is 16.0. The number of rotatable bonds is 5. The van der Waals surface area contributed by atoms with Crippen molar-refractivity contribution in [1.82, 2.24) is 24.5 Å². The molecule has 0 bridgehead atoms. The van der Waals surface area contributed by atoms with Gasteiger partial charge in [-0.1, -0.05) is 18.2 Å². The van der Waals surface area contributed by atoms with Gasteiger partial charge in [-0.05, 0) is 35.4 Å². The number of carbonyl (C=O) groups is 1. The van der Waals surface area contributed by atoms with Crippen LogP contribution in [0.15, 0.2) is 61.2 Å². The van der Waals surface area contributed by atoms with Crippen LogP contribution in [0.2, 0.25) is 0 Å². The zero-order valence-electron chi connectivity index (χ0n) is 18.5. The molecule has 0 aliphatic rings. The molecule has 0 atom stereocenters. The summed E-state index contributed by atoms with van der Waals surface area (Å²) in [7, 11) is 5.47. The Bertz CT molecular complexity index is 1460. The molecule has 0 fully saturated rings. The second kappa shape index (κ2) is 8.27. The summed E-state index contributed by atoms with van der Waals surface area (Å²) in [4.78, 5) is 30.5. The van der Waals surface area contributed by atoms with Crippen molar-refractivity contribution in [1.29, 1.82) is 0 Å². The van der Waals surface area contributed by atoms with Gasteiger partial charge in [-0.3, -0.25) is 9.88 Å². The van der Waals surface area contributed by atoms with Crippen LogP contribution >= 0.6 is 0 Å². The summed E-state index contributed by atoms with van der Waals surface area (Å²) in [6, 6.07) is 13.5. The van der Waals surface area contributed by atoms with Crippen LogP contribution in [-0.4, -0.2) is 44.7 Å². The van der Waals surface area contributed by atoms with E-state index in [1.54, 1.807) is 37.9 Å². The number of carbonyl (C=O) groups excluding carboxylic acids is 1. The molecular weight excluding hydrogens is 418 g/mol. The van der Waals surface area contributed by atoms with Gasteiger partial charge in [0.1, 0.15) is 17.8 Å². The van der Waals surface area contributed by atoms with Crippen molar-refractivity contribution in [2.75, 3.05) is 24.3 Å². The van der Waals surface area contributed by atoms with Gasteiger partial charge in [0.05, 0.1) is 23.7 Å². The van der Waals surface area contributed by atoms with Crippen LogP contribution < -0.4 is 10.2 Å². The number of H-pyrrole nitrogens is 1. The number of pyridine rings is 2. The Balaban J connectivity index is 1.40. The zero-order valence-corrected chi connectivity index (χ0v) is 18.5. The third-order valence-electron chi connectivity index (χ3n) is 5.58. The van der Waals surface area contributed by atoms with Crippen LogP contribution in [0.4, 0.5) is 16.3 Å². The highest BCUT2D eigenvalue weighted by Crippen LogP contribution is 2.31. The Morgan fingerprint density at radius 2 is 2.12 bits per heavy atom. The van der Waals surface area contributed by atoms with Crippen molar-refractivity contribution >= 4 is 39.7 Å². The number of aryl methyl sites for hydroxylation is 1. The summed E-state index contributed by atoms with van der Waals surface area (Å²) in [5.41, 5.74) is 6.07. The minimum atomic E-state index is -0.443. The van der Waals surface area contributed by atoms with Crippen LogP contribution in [-0.2, 0) is 18.4 Å². The van der Waals surface area contributed by atoms with Gasteiger partial charge in [0.15, 0.2) is 5.82 Å². The van der Waals surface area contributed by atoms with Crippen molar-refractivity contribution in [2.24, 2.45) is 7.05 Å². The number of aromatic amines is 1. The Morgan fingerprint density at radius 3 is 2.91 bits per heavy atom. The van der Waals surface area contributed by atoms with Gasteiger partial charge in [-0.25, -0.2) is 14.8 Å². The number of nitrogens with zero attached hydrogens (tertiary/aromatic N) is 5. The van der Waals surface area contributed by atoms with Crippen molar-refractivity contribution in [2.45, 2.75) is 6.61 Å². The van der Waals surface area contributed by atoms with E-state index in [4.69, 9.17) is 4.74 Å². The highest BCUT2D eigenvalue weighted by molar-refractivity contribution is 6.07. The SMILES string of the molecule is CNc1nc2[nH]c(-c3cccc(COC(=O)N(C)c4cccnc4)c3)cc2c2c1ncn2C. The van der Waals surface area contributed by atoms with Gasteiger partial charge in [0.25, 0.3) is 0 Å². The molecule has 0 unspecified atom stereocenters. The number of benzene rings is 1. The highest BCUT2D eigenvalue weighted by atomic mass is 16.6. The fraction of sp³-hybridized carbons (Fsp3) is 0.167. The van der Waals surface area contributed by atoms with E-state index < -0.39 is 6.09 Å². The molecule has 9 heteroatoms. The molecule has 1 aromatic carbocycles. The largest absolute Gasteiger partial charge is 0.444 e. The van der Waals surface area contributed by atoms with Crippen LogP contribution in [0.3, 0.4) is 0 Å². The maximum absolute atomic E-state index is 12.4. The first-order valence-corrected chi connectivity index (χ1v) is 10.5. The number of anilines is 2. The fourth-order valence-electron chi connectivity index (χ4n) is 3.86. The topological polar surface area (TPSA) is 101 Å². The van der Waals surface area contributed by atoms with E-state index in [1.807, 2.05) is 42.9 Å². The summed E-state index contributed by atoms with van der Waals surface area (Å²) >= 11 is 0. The Labute approximate surface area is 190 Å². The van der Waals surface area contributed by atoms with Gasteiger partial charge in [0, 0.05) is 38.4 Å². The molecule has 0 spiro atoms. The Kier molecular flexibility index (Phi) is 5.14. The number of hydrogen-bond acceptors (Lipinski definition) is 6. The predicted molar refractivity (Wildman–Crippen MR) is 128 cm³/mol. The van der Waals surface area contributed by atoms with Gasteiger partial charge in [-0.15, -0.1) is 0 Å².